The summed E-state index contributed by atoms with van der Waals surface area (Å²) in [4.78, 5) is 22.1. The van der Waals surface area contributed by atoms with Crippen LogP contribution in [0.2, 0.25) is 0 Å². The van der Waals surface area contributed by atoms with Crippen LogP contribution >= 0.6 is 0 Å². The van der Waals surface area contributed by atoms with Crippen molar-refractivity contribution in [1.29, 1.82) is 0 Å². The second-order valence-electron chi connectivity index (χ2n) is 7.47. The van der Waals surface area contributed by atoms with Crippen LogP contribution in [0, 0.1) is 0 Å². The van der Waals surface area contributed by atoms with Gasteiger partial charge in [-0.1, -0.05) is 6.07 Å². The first-order chi connectivity index (χ1) is 13.3. The zero-order chi connectivity index (χ0) is 18.2. The molecule has 1 aromatic carbocycles. The lowest BCUT2D eigenvalue weighted by Crippen LogP contribution is -2.44. The summed E-state index contributed by atoms with van der Waals surface area (Å²) in [7, 11) is 0. The highest BCUT2D eigenvalue weighted by molar-refractivity contribution is 5.98. The second kappa shape index (κ2) is 6.88. The topological polar surface area (TPSA) is 59.8 Å². The van der Waals surface area contributed by atoms with Crippen molar-refractivity contribution in [2.45, 2.75) is 25.4 Å². The van der Waals surface area contributed by atoms with Crippen LogP contribution in [0.15, 0.2) is 30.7 Å². The molecule has 3 aliphatic heterocycles. The Hall–Kier alpha value is -2.54. The molecular weight excluding hydrogens is 344 g/mol. The molecule has 0 aliphatic carbocycles. The zero-order valence-electron chi connectivity index (χ0n) is 15.3. The van der Waals surface area contributed by atoms with Crippen molar-refractivity contribution in [2.75, 3.05) is 39.4 Å². The van der Waals surface area contributed by atoms with E-state index in [0.717, 1.165) is 25.3 Å². The van der Waals surface area contributed by atoms with Gasteiger partial charge in [-0.25, -0.2) is 4.98 Å². The van der Waals surface area contributed by atoms with E-state index in [1.54, 1.807) is 0 Å². The van der Waals surface area contributed by atoms with Crippen molar-refractivity contribution in [3.8, 4) is 11.5 Å². The second-order valence-corrected chi connectivity index (χ2v) is 7.47. The smallest absolute Gasteiger partial charge is 0.258 e. The molecule has 0 N–H and O–H groups in total. The van der Waals surface area contributed by atoms with E-state index in [-0.39, 0.29) is 11.9 Å². The molecule has 1 aromatic heterocycles. The molecule has 4 heterocycles. The summed E-state index contributed by atoms with van der Waals surface area (Å²) in [6, 6.07) is 5.77. The first-order valence-electron chi connectivity index (χ1n) is 9.70. The molecule has 2 aromatic rings. The van der Waals surface area contributed by atoms with E-state index in [9.17, 15) is 4.79 Å². The van der Waals surface area contributed by atoms with Crippen LogP contribution in [-0.2, 0) is 6.54 Å². The number of hydrogen-bond acceptors (Lipinski definition) is 5. The quantitative estimate of drug-likeness (QED) is 0.829. The lowest BCUT2D eigenvalue weighted by molar-refractivity contribution is 0.0649. The third-order valence-electron chi connectivity index (χ3n) is 5.68. The number of hydrogen-bond donors (Lipinski definition) is 0. The summed E-state index contributed by atoms with van der Waals surface area (Å²) < 4.78 is 13.6. The first-order valence-corrected chi connectivity index (χ1v) is 9.70. The van der Waals surface area contributed by atoms with Crippen LogP contribution < -0.4 is 9.47 Å². The van der Waals surface area contributed by atoms with Gasteiger partial charge in [0.2, 0.25) is 0 Å². The van der Waals surface area contributed by atoms with E-state index in [1.807, 2.05) is 35.6 Å². The van der Waals surface area contributed by atoms with Gasteiger partial charge in [0.15, 0.2) is 11.5 Å². The highest BCUT2D eigenvalue weighted by atomic mass is 16.6. The number of imidazole rings is 1. The summed E-state index contributed by atoms with van der Waals surface area (Å²) in [5, 5.41) is 0. The predicted molar refractivity (Wildman–Crippen MR) is 99.1 cm³/mol. The summed E-state index contributed by atoms with van der Waals surface area (Å²) >= 11 is 0. The molecule has 1 amide bonds. The maximum atomic E-state index is 13.3. The fraction of sp³-hybridized carbons (Fsp3) is 0.500. The molecule has 3 aliphatic rings. The Labute approximate surface area is 158 Å². The molecule has 7 heteroatoms. The number of carbonyl (C=O) groups excluding carboxylic acids is 1. The largest absolute Gasteiger partial charge is 0.486 e. The molecule has 1 saturated heterocycles. The molecule has 0 radical (unpaired) electrons. The number of para-hydroxylation sites is 1. The average molecular weight is 368 g/mol. The Bertz CT molecular complexity index is 844. The van der Waals surface area contributed by atoms with Gasteiger partial charge in [0.25, 0.3) is 5.91 Å². The molecule has 142 valence electrons. The molecule has 5 rings (SSSR count). The maximum absolute atomic E-state index is 13.3. The van der Waals surface area contributed by atoms with E-state index in [2.05, 4.69) is 14.5 Å². The highest BCUT2D eigenvalue weighted by Crippen LogP contribution is 2.35. The van der Waals surface area contributed by atoms with Crippen LogP contribution in [-0.4, -0.2) is 64.7 Å². The first kappa shape index (κ1) is 16.6. The standard InChI is InChI=1S/C20H24N4O3/c25-20(17-4-3-5-18-19(17)27-9-8-26-18)23-12-15-10-21-14-24(15)16(13-23)11-22-6-1-2-7-22/h3-5,10,14,16H,1-2,6-9,11-13H2/t16-/m1/s1. The van der Waals surface area contributed by atoms with E-state index in [1.165, 1.54) is 12.8 Å². The average Bonchev–Trinajstić information content (AvgIpc) is 3.38. The van der Waals surface area contributed by atoms with Gasteiger partial charge in [-0.05, 0) is 38.1 Å². The van der Waals surface area contributed by atoms with Crippen LogP contribution in [0.5, 0.6) is 11.5 Å². The summed E-state index contributed by atoms with van der Waals surface area (Å²) in [6.07, 6.45) is 6.30. The molecular formula is C20H24N4O3. The molecule has 0 unspecified atom stereocenters. The highest BCUT2D eigenvalue weighted by Gasteiger charge is 2.32. The van der Waals surface area contributed by atoms with E-state index >= 15 is 0 Å². The van der Waals surface area contributed by atoms with Crippen molar-refractivity contribution in [1.82, 2.24) is 19.4 Å². The summed E-state index contributed by atoms with van der Waals surface area (Å²) in [5.74, 6) is 1.22. The van der Waals surface area contributed by atoms with Crippen LogP contribution in [0.4, 0.5) is 0 Å². The number of amides is 1. The van der Waals surface area contributed by atoms with Gasteiger partial charge in [0.1, 0.15) is 13.2 Å². The SMILES string of the molecule is O=C(c1cccc2c1OCCO2)N1Cc2cncn2[C@H](CN2CCCC2)C1. The van der Waals surface area contributed by atoms with Gasteiger partial charge in [0.05, 0.1) is 30.2 Å². The third kappa shape index (κ3) is 3.06. The van der Waals surface area contributed by atoms with Gasteiger partial charge < -0.3 is 23.8 Å². The molecule has 1 atom stereocenters. The fourth-order valence-electron chi connectivity index (χ4n) is 4.36. The fourth-order valence-corrected chi connectivity index (χ4v) is 4.36. The Morgan fingerprint density at radius 2 is 2.04 bits per heavy atom. The third-order valence-corrected chi connectivity index (χ3v) is 5.68. The van der Waals surface area contributed by atoms with Crippen molar-refractivity contribution in [2.24, 2.45) is 0 Å². The number of fused-ring (bicyclic) bond motifs is 2. The van der Waals surface area contributed by atoms with Gasteiger partial charge in [-0.3, -0.25) is 4.79 Å². The van der Waals surface area contributed by atoms with E-state index in [0.29, 0.717) is 43.4 Å². The van der Waals surface area contributed by atoms with Gasteiger partial charge in [-0.2, -0.15) is 0 Å². The zero-order valence-corrected chi connectivity index (χ0v) is 15.3. The van der Waals surface area contributed by atoms with Crippen LogP contribution in [0.3, 0.4) is 0 Å². The normalized spacial score (nSPS) is 21.9. The molecule has 7 nitrogen and oxygen atoms in total. The van der Waals surface area contributed by atoms with E-state index < -0.39 is 0 Å². The number of ether oxygens (including phenoxy) is 2. The number of nitrogens with zero attached hydrogens (tertiary/aromatic N) is 4. The van der Waals surface area contributed by atoms with Crippen molar-refractivity contribution in [3.63, 3.8) is 0 Å². The molecule has 1 fully saturated rings. The maximum Gasteiger partial charge on any atom is 0.258 e. The number of rotatable bonds is 3. The summed E-state index contributed by atoms with van der Waals surface area (Å²) in [6.45, 7) is 5.49. The minimum absolute atomic E-state index is 0.00350. The van der Waals surface area contributed by atoms with Crippen molar-refractivity contribution < 1.29 is 14.3 Å². The van der Waals surface area contributed by atoms with Gasteiger partial charge in [0, 0.05) is 19.3 Å². The molecule has 27 heavy (non-hydrogen) atoms. The number of benzene rings is 1. The van der Waals surface area contributed by atoms with Crippen LogP contribution in [0.1, 0.15) is 34.9 Å². The van der Waals surface area contributed by atoms with Crippen LogP contribution in [0.25, 0.3) is 0 Å². The molecule has 0 bridgehead atoms. The number of likely N-dealkylation sites (tertiary alicyclic amines) is 1. The monoisotopic (exact) mass is 368 g/mol. The van der Waals surface area contributed by atoms with Crippen molar-refractivity contribution >= 4 is 5.91 Å². The minimum atomic E-state index is -0.00350. The molecule has 0 spiro atoms. The lowest BCUT2D eigenvalue weighted by atomic mass is 10.1. The number of carbonyl (C=O) groups is 1. The lowest BCUT2D eigenvalue weighted by Gasteiger charge is -2.36. The minimum Gasteiger partial charge on any atom is -0.486 e. The number of aromatic nitrogens is 2. The van der Waals surface area contributed by atoms with Gasteiger partial charge >= 0.3 is 0 Å². The Balaban J connectivity index is 1.41. The summed E-state index contributed by atoms with van der Waals surface area (Å²) in [5.41, 5.74) is 1.67. The van der Waals surface area contributed by atoms with E-state index in [4.69, 9.17) is 9.47 Å². The predicted octanol–water partition coefficient (Wildman–Crippen LogP) is 1.95. The Morgan fingerprint density at radius 3 is 2.93 bits per heavy atom. The molecule has 0 saturated carbocycles. The Morgan fingerprint density at radius 1 is 1.19 bits per heavy atom. The Kier molecular flexibility index (Phi) is 4.24. The van der Waals surface area contributed by atoms with Gasteiger partial charge in [-0.15, -0.1) is 0 Å². The van der Waals surface area contributed by atoms with Crippen molar-refractivity contribution in [3.05, 3.63) is 42.0 Å².